The van der Waals surface area contributed by atoms with Crippen molar-refractivity contribution in [1.82, 2.24) is 9.88 Å². The predicted molar refractivity (Wildman–Crippen MR) is 98.2 cm³/mol. The maximum atomic E-state index is 12.4. The van der Waals surface area contributed by atoms with Gasteiger partial charge in [-0.05, 0) is 71.1 Å². The number of halogens is 1. The number of hydrogen-bond donors (Lipinski definition) is 1. The third-order valence-electron chi connectivity index (χ3n) is 2.73. The molecular formula is C15H25IN2O4S. The highest BCUT2D eigenvalue weighted by Crippen LogP contribution is 2.28. The smallest absolute Gasteiger partial charge is 0.308 e. The van der Waals surface area contributed by atoms with E-state index in [2.05, 4.69) is 32.5 Å². The van der Waals surface area contributed by atoms with Gasteiger partial charge in [0.05, 0.1) is 15.7 Å². The number of hydrogen-bond acceptors (Lipinski definition) is 6. The molecule has 1 aromatic heterocycles. The van der Waals surface area contributed by atoms with Gasteiger partial charge in [0.1, 0.15) is 16.4 Å². The van der Waals surface area contributed by atoms with E-state index in [9.17, 15) is 9.35 Å². The van der Waals surface area contributed by atoms with Crippen LogP contribution in [-0.2, 0) is 20.9 Å². The summed E-state index contributed by atoms with van der Waals surface area (Å²) in [6, 6.07) is -0.557. The first-order valence-corrected chi connectivity index (χ1v) is 9.55. The van der Waals surface area contributed by atoms with E-state index in [-0.39, 0.29) is 12.4 Å². The van der Waals surface area contributed by atoms with Crippen molar-refractivity contribution in [2.45, 2.75) is 71.3 Å². The summed E-state index contributed by atoms with van der Waals surface area (Å²) in [5, 5.41) is 3.91. The molecule has 0 fully saturated rings. The Morgan fingerprint density at radius 2 is 1.96 bits per heavy atom. The first-order valence-electron chi connectivity index (χ1n) is 7.33. The molecule has 0 saturated carbocycles. The number of esters is 1. The number of carbonyl (C=O) groups is 1. The molecule has 132 valence electrons. The molecule has 23 heavy (non-hydrogen) atoms. The molecule has 1 rings (SSSR count). The van der Waals surface area contributed by atoms with Crippen molar-refractivity contribution in [3.05, 3.63) is 15.0 Å². The van der Waals surface area contributed by atoms with E-state index in [1.165, 1.54) is 0 Å². The Bertz CT molecular complexity index is 549. The minimum absolute atomic E-state index is 0.0176. The number of nitrogens with zero attached hydrogens (tertiary/aromatic N) is 1. The van der Waals surface area contributed by atoms with E-state index in [1.807, 2.05) is 48.5 Å². The highest BCUT2D eigenvalue weighted by molar-refractivity contribution is 14.1. The fraction of sp³-hybridized carbons (Fsp3) is 0.733. The Morgan fingerprint density at radius 1 is 1.39 bits per heavy atom. The fourth-order valence-electron chi connectivity index (χ4n) is 1.64. The van der Waals surface area contributed by atoms with Crippen LogP contribution in [0.15, 0.2) is 4.52 Å². The zero-order chi connectivity index (χ0) is 18.0. The largest absolute Gasteiger partial charge is 0.598 e. The lowest BCUT2D eigenvalue weighted by Crippen LogP contribution is -2.42. The second kappa shape index (κ2) is 7.71. The lowest BCUT2D eigenvalue weighted by Gasteiger charge is -2.27. The lowest BCUT2D eigenvalue weighted by molar-refractivity contribution is -0.155. The van der Waals surface area contributed by atoms with E-state index >= 15 is 0 Å². The third kappa shape index (κ3) is 6.60. The molecule has 1 unspecified atom stereocenters. The van der Waals surface area contributed by atoms with Crippen LogP contribution in [0.5, 0.6) is 0 Å². The van der Waals surface area contributed by atoms with Crippen LogP contribution in [0, 0.1) is 10.5 Å². The van der Waals surface area contributed by atoms with E-state index in [1.54, 1.807) is 0 Å². The monoisotopic (exact) mass is 456 g/mol. The maximum Gasteiger partial charge on any atom is 0.308 e. The predicted octanol–water partition coefficient (Wildman–Crippen LogP) is 3.41. The lowest BCUT2D eigenvalue weighted by atomic mass is 10.1. The zero-order valence-electron chi connectivity index (χ0n) is 14.7. The summed E-state index contributed by atoms with van der Waals surface area (Å²) in [5.41, 5.74) is 0.160. The molecule has 8 heteroatoms. The Labute approximate surface area is 154 Å². The van der Waals surface area contributed by atoms with E-state index in [4.69, 9.17) is 9.26 Å². The summed E-state index contributed by atoms with van der Waals surface area (Å²) in [4.78, 5) is 12.2. The number of nitrogens with one attached hydrogen (secondary N) is 1. The van der Waals surface area contributed by atoms with E-state index in [0.717, 1.165) is 9.26 Å². The Kier molecular flexibility index (Phi) is 6.95. The van der Waals surface area contributed by atoms with Crippen molar-refractivity contribution in [3.63, 3.8) is 0 Å². The summed E-state index contributed by atoms with van der Waals surface area (Å²) >= 11 is 0.755. The van der Waals surface area contributed by atoms with Gasteiger partial charge < -0.3 is 13.8 Å². The van der Waals surface area contributed by atoms with Gasteiger partial charge in [0.2, 0.25) is 0 Å². The van der Waals surface area contributed by atoms with Crippen LogP contribution in [-0.4, -0.2) is 26.0 Å². The van der Waals surface area contributed by atoms with Crippen molar-refractivity contribution in [3.8, 4) is 0 Å². The van der Waals surface area contributed by atoms with Gasteiger partial charge in [0.15, 0.2) is 5.76 Å². The molecular weight excluding hydrogens is 431 g/mol. The molecule has 0 radical (unpaired) electrons. The van der Waals surface area contributed by atoms with Crippen molar-refractivity contribution in [1.29, 1.82) is 0 Å². The summed E-state index contributed by atoms with van der Waals surface area (Å²) in [5.74, 6) is 0.123. The van der Waals surface area contributed by atoms with Crippen LogP contribution in [0.25, 0.3) is 0 Å². The Hall–Kier alpha value is -0.320. The summed E-state index contributed by atoms with van der Waals surface area (Å²) < 4.78 is 26.4. The average molecular weight is 456 g/mol. The molecule has 0 amide bonds. The van der Waals surface area contributed by atoms with Gasteiger partial charge in [-0.15, -0.1) is 4.72 Å². The fourth-order valence-corrected chi connectivity index (χ4v) is 3.01. The van der Waals surface area contributed by atoms with Crippen molar-refractivity contribution < 1.29 is 18.6 Å². The molecule has 0 aliphatic heterocycles. The number of carbonyl (C=O) groups excluding carboxylic acids is 1. The molecule has 1 N–H and O–H groups in total. The molecule has 6 nitrogen and oxygen atoms in total. The van der Waals surface area contributed by atoms with Crippen LogP contribution in [0.1, 0.15) is 65.5 Å². The SMILES string of the molecule is Cc1noc([C@H](CC(=O)OC(C)(C)C)N[S+]([O-])C(C)(C)C)c1I. The quantitative estimate of drug-likeness (QED) is 0.415. The molecule has 1 aromatic rings. The standard InChI is InChI=1S/C15H25IN2O4S/c1-9-12(16)13(22-17-9)10(18-23(20)15(5,6)7)8-11(19)21-14(2,3)4/h10,18H,8H2,1-7H3/t10-,23?/m0/s1. The Balaban J connectivity index is 2.98. The van der Waals surface area contributed by atoms with Gasteiger partial charge in [-0.2, -0.15) is 0 Å². The normalized spacial score (nSPS) is 15.3. The second-order valence-electron chi connectivity index (χ2n) is 7.29. The molecule has 2 atom stereocenters. The highest BCUT2D eigenvalue weighted by Gasteiger charge is 2.34. The number of rotatable bonds is 5. The zero-order valence-corrected chi connectivity index (χ0v) is 17.6. The topological polar surface area (TPSA) is 87.4 Å². The van der Waals surface area contributed by atoms with Gasteiger partial charge in [-0.1, -0.05) is 5.16 Å². The molecule has 0 spiro atoms. The summed E-state index contributed by atoms with van der Waals surface area (Å²) in [6.07, 6.45) is 0.0176. The van der Waals surface area contributed by atoms with Crippen LogP contribution < -0.4 is 4.72 Å². The number of aryl methyl sites for hydroxylation is 1. The van der Waals surface area contributed by atoms with E-state index in [0.29, 0.717) is 5.76 Å². The van der Waals surface area contributed by atoms with Crippen molar-refractivity contribution >= 4 is 39.9 Å². The Morgan fingerprint density at radius 3 is 2.35 bits per heavy atom. The maximum absolute atomic E-state index is 12.4. The van der Waals surface area contributed by atoms with Gasteiger partial charge in [0.25, 0.3) is 0 Å². The van der Waals surface area contributed by atoms with Gasteiger partial charge >= 0.3 is 5.97 Å². The van der Waals surface area contributed by atoms with Gasteiger partial charge in [0, 0.05) is 11.4 Å². The van der Waals surface area contributed by atoms with Crippen molar-refractivity contribution in [2.24, 2.45) is 0 Å². The summed E-state index contributed by atoms with van der Waals surface area (Å²) in [7, 11) is 0. The first kappa shape index (κ1) is 20.7. The van der Waals surface area contributed by atoms with Crippen LogP contribution >= 0.6 is 22.6 Å². The number of aromatic nitrogens is 1. The molecule has 0 bridgehead atoms. The van der Waals surface area contributed by atoms with Gasteiger partial charge in [-0.3, -0.25) is 4.79 Å². The molecule has 0 aliphatic rings. The van der Waals surface area contributed by atoms with Crippen LogP contribution in [0.2, 0.25) is 0 Å². The first-order chi connectivity index (χ1) is 10.3. The number of ether oxygens (including phenoxy) is 1. The van der Waals surface area contributed by atoms with Crippen molar-refractivity contribution in [2.75, 3.05) is 0 Å². The van der Waals surface area contributed by atoms with Crippen LogP contribution in [0.3, 0.4) is 0 Å². The second-order valence-corrected chi connectivity index (χ2v) is 10.4. The average Bonchev–Trinajstić information content (AvgIpc) is 2.65. The molecule has 0 aliphatic carbocycles. The molecule has 0 saturated heterocycles. The summed E-state index contributed by atoms with van der Waals surface area (Å²) in [6.45, 7) is 12.8. The molecule has 1 heterocycles. The van der Waals surface area contributed by atoms with E-state index < -0.39 is 27.8 Å². The molecule has 0 aromatic carbocycles. The van der Waals surface area contributed by atoms with Crippen LogP contribution in [0.4, 0.5) is 0 Å². The van der Waals surface area contributed by atoms with Gasteiger partial charge in [-0.25, -0.2) is 0 Å². The third-order valence-corrected chi connectivity index (χ3v) is 5.65. The minimum atomic E-state index is -1.36. The minimum Gasteiger partial charge on any atom is -0.598 e. The highest BCUT2D eigenvalue weighted by atomic mass is 127.